The molecule has 1 amide bonds. The molecule has 0 aliphatic carbocycles. The van der Waals surface area contributed by atoms with Crippen LogP contribution < -0.4 is 20.1 Å². The summed E-state index contributed by atoms with van der Waals surface area (Å²) >= 11 is 6.93. The van der Waals surface area contributed by atoms with Crippen LogP contribution in [0, 0.1) is 6.92 Å². The number of hydrogen-bond donors (Lipinski definition) is 1. The van der Waals surface area contributed by atoms with Crippen molar-refractivity contribution < 1.29 is 19.4 Å². The molecular weight excluding hydrogens is 560 g/mol. The molecule has 1 fully saturated rings. The van der Waals surface area contributed by atoms with E-state index in [1.54, 1.807) is 32.5 Å². The van der Waals surface area contributed by atoms with Crippen LogP contribution in [-0.2, 0) is 0 Å². The lowest BCUT2D eigenvalue weighted by molar-refractivity contribution is 0.136. The summed E-state index contributed by atoms with van der Waals surface area (Å²) in [6.45, 7) is 8.74. The van der Waals surface area contributed by atoms with Gasteiger partial charge in [0.25, 0.3) is 0 Å². The zero-order valence-corrected chi connectivity index (χ0v) is 25.1. The number of para-hydroxylation sites is 1. The van der Waals surface area contributed by atoms with Crippen LogP contribution in [-0.4, -0.2) is 75.5 Å². The van der Waals surface area contributed by atoms with Gasteiger partial charge in [-0.1, -0.05) is 31.5 Å². The van der Waals surface area contributed by atoms with Crippen molar-refractivity contribution in [3.05, 3.63) is 63.3 Å². The average molecular weight is 593 g/mol. The van der Waals surface area contributed by atoms with Gasteiger partial charge in [-0.3, -0.25) is 4.98 Å². The van der Waals surface area contributed by atoms with Crippen molar-refractivity contribution in [1.82, 2.24) is 24.4 Å². The molecule has 0 saturated carbocycles. The van der Waals surface area contributed by atoms with Crippen LogP contribution in [0.5, 0.6) is 11.5 Å². The first-order valence-electron chi connectivity index (χ1n) is 13.6. The molecule has 0 radical (unpaired) electrons. The monoisotopic (exact) mass is 592 g/mol. The number of halogens is 1. The van der Waals surface area contributed by atoms with E-state index in [1.165, 1.54) is 9.47 Å². The fourth-order valence-corrected chi connectivity index (χ4v) is 5.77. The molecule has 4 aromatic rings. The second-order valence-corrected chi connectivity index (χ2v) is 11.0. The maximum Gasteiger partial charge on any atom is 0.407 e. The molecular formula is C30H33ClN6O5. The van der Waals surface area contributed by atoms with E-state index in [2.05, 4.69) is 9.97 Å². The van der Waals surface area contributed by atoms with Crippen LogP contribution >= 0.6 is 11.6 Å². The van der Waals surface area contributed by atoms with E-state index >= 15 is 0 Å². The van der Waals surface area contributed by atoms with Gasteiger partial charge in [0.1, 0.15) is 5.82 Å². The minimum absolute atomic E-state index is 0.0101. The zero-order chi connectivity index (χ0) is 30.3. The Kier molecular flexibility index (Phi) is 7.96. The van der Waals surface area contributed by atoms with E-state index < -0.39 is 11.8 Å². The fraction of sp³-hybridized carbons (Fsp3) is 0.367. The van der Waals surface area contributed by atoms with Crippen LogP contribution in [0.3, 0.4) is 0 Å². The number of pyridine rings is 2. The number of piperazine rings is 1. The van der Waals surface area contributed by atoms with Gasteiger partial charge in [-0.25, -0.2) is 19.1 Å². The maximum atomic E-state index is 14.0. The highest BCUT2D eigenvalue weighted by Crippen LogP contribution is 2.42. The van der Waals surface area contributed by atoms with Crippen molar-refractivity contribution in [1.29, 1.82) is 0 Å². The lowest BCUT2D eigenvalue weighted by atomic mass is 10.0. The van der Waals surface area contributed by atoms with Gasteiger partial charge in [0, 0.05) is 37.4 Å². The summed E-state index contributed by atoms with van der Waals surface area (Å²) in [6.07, 6.45) is 0.744. The van der Waals surface area contributed by atoms with E-state index in [-0.39, 0.29) is 25.0 Å². The molecule has 3 aromatic heterocycles. The number of benzene rings is 1. The highest BCUT2D eigenvalue weighted by Gasteiger charge is 2.31. The number of aromatic nitrogens is 4. The van der Waals surface area contributed by atoms with Gasteiger partial charge in [0.05, 0.1) is 41.7 Å². The summed E-state index contributed by atoms with van der Waals surface area (Å²) in [5, 5.41) is 10.4. The molecule has 1 unspecified atom stereocenters. The first-order chi connectivity index (χ1) is 20.1. The van der Waals surface area contributed by atoms with E-state index in [0.717, 1.165) is 11.3 Å². The quantitative estimate of drug-likeness (QED) is 0.324. The number of hydrogen-bond acceptors (Lipinski definition) is 8. The van der Waals surface area contributed by atoms with Crippen LogP contribution in [0.2, 0.25) is 5.02 Å². The lowest BCUT2D eigenvalue weighted by Gasteiger charge is -2.39. The lowest BCUT2D eigenvalue weighted by Crippen LogP contribution is -2.54. The van der Waals surface area contributed by atoms with E-state index in [1.807, 2.05) is 50.8 Å². The number of carboxylic acid groups (broad SMARTS) is 1. The van der Waals surface area contributed by atoms with Crippen molar-refractivity contribution in [2.45, 2.75) is 39.7 Å². The van der Waals surface area contributed by atoms with E-state index in [4.69, 9.17) is 26.1 Å². The van der Waals surface area contributed by atoms with Gasteiger partial charge >= 0.3 is 11.8 Å². The Labute approximate surface area is 248 Å². The smallest absolute Gasteiger partial charge is 0.407 e. The SMILES string of the molecule is COc1cccc(-c2nc3c(cc2Cl)c(N2CCN(C(=O)O)CC2C)nc(=O)n3-c2c(C)ccnc2C(C)C)c1OC. The Morgan fingerprint density at radius 3 is 2.55 bits per heavy atom. The third-order valence-corrected chi connectivity index (χ3v) is 7.84. The molecule has 1 atom stereocenters. The Balaban J connectivity index is 1.85. The molecule has 0 bridgehead atoms. The molecule has 220 valence electrons. The number of amides is 1. The highest BCUT2D eigenvalue weighted by atomic mass is 35.5. The number of aryl methyl sites for hydroxylation is 1. The molecule has 12 heteroatoms. The molecule has 1 saturated heterocycles. The van der Waals surface area contributed by atoms with E-state index in [9.17, 15) is 14.7 Å². The molecule has 0 spiro atoms. The third kappa shape index (κ3) is 4.98. The van der Waals surface area contributed by atoms with Gasteiger partial charge in [-0.05, 0) is 49.6 Å². The van der Waals surface area contributed by atoms with Crippen LogP contribution in [0.1, 0.15) is 37.9 Å². The topological polar surface area (TPSA) is 123 Å². The molecule has 1 N–H and O–H groups in total. The first-order valence-corrected chi connectivity index (χ1v) is 14.0. The van der Waals surface area contributed by atoms with Crippen LogP contribution in [0.15, 0.2) is 41.3 Å². The van der Waals surface area contributed by atoms with E-state index in [0.29, 0.717) is 56.9 Å². The second-order valence-electron chi connectivity index (χ2n) is 10.6. The summed E-state index contributed by atoms with van der Waals surface area (Å²) < 4.78 is 12.7. The van der Waals surface area contributed by atoms with Crippen molar-refractivity contribution in [2.24, 2.45) is 0 Å². The maximum absolute atomic E-state index is 14.0. The Morgan fingerprint density at radius 1 is 1.14 bits per heavy atom. The number of carbonyl (C=O) groups is 1. The number of rotatable bonds is 6. The minimum atomic E-state index is -0.982. The van der Waals surface area contributed by atoms with Gasteiger partial charge in [-0.15, -0.1) is 0 Å². The first kappa shape index (κ1) is 29.1. The number of anilines is 1. The second kappa shape index (κ2) is 11.5. The predicted molar refractivity (Wildman–Crippen MR) is 162 cm³/mol. The summed E-state index contributed by atoms with van der Waals surface area (Å²) in [6, 6.07) is 8.78. The van der Waals surface area contributed by atoms with Crippen molar-refractivity contribution in [3.8, 4) is 28.4 Å². The van der Waals surface area contributed by atoms with Crippen molar-refractivity contribution in [2.75, 3.05) is 38.8 Å². The predicted octanol–water partition coefficient (Wildman–Crippen LogP) is 5.13. The Morgan fingerprint density at radius 2 is 1.90 bits per heavy atom. The van der Waals surface area contributed by atoms with Crippen molar-refractivity contribution in [3.63, 3.8) is 0 Å². The minimum Gasteiger partial charge on any atom is -0.493 e. The van der Waals surface area contributed by atoms with Gasteiger partial charge < -0.3 is 24.4 Å². The Hall–Kier alpha value is -4.38. The van der Waals surface area contributed by atoms with Crippen LogP contribution in [0.4, 0.5) is 10.6 Å². The molecule has 5 rings (SSSR count). The molecule has 4 heterocycles. The molecule has 1 aliphatic heterocycles. The largest absolute Gasteiger partial charge is 0.493 e. The number of methoxy groups -OCH3 is 2. The normalized spacial score (nSPS) is 15.4. The Bertz CT molecular complexity index is 1740. The van der Waals surface area contributed by atoms with Crippen LogP contribution in [0.25, 0.3) is 28.0 Å². The summed E-state index contributed by atoms with van der Waals surface area (Å²) in [4.78, 5) is 43.2. The third-order valence-electron chi connectivity index (χ3n) is 7.55. The zero-order valence-electron chi connectivity index (χ0n) is 24.4. The summed E-state index contributed by atoms with van der Waals surface area (Å²) in [5.41, 5.74) is 3.00. The summed E-state index contributed by atoms with van der Waals surface area (Å²) in [7, 11) is 3.09. The number of ether oxygens (including phenoxy) is 2. The molecule has 11 nitrogen and oxygen atoms in total. The average Bonchev–Trinajstić information content (AvgIpc) is 2.96. The van der Waals surface area contributed by atoms with Gasteiger partial charge in [-0.2, -0.15) is 4.98 Å². The molecule has 1 aliphatic rings. The van der Waals surface area contributed by atoms with Gasteiger partial charge in [0.2, 0.25) is 0 Å². The molecule has 42 heavy (non-hydrogen) atoms. The fourth-order valence-electron chi connectivity index (χ4n) is 5.52. The molecule has 1 aromatic carbocycles. The highest BCUT2D eigenvalue weighted by molar-refractivity contribution is 6.34. The summed E-state index contributed by atoms with van der Waals surface area (Å²) in [5.74, 6) is 1.37. The number of fused-ring (bicyclic) bond motifs is 1. The van der Waals surface area contributed by atoms with Crippen molar-refractivity contribution >= 4 is 34.5 Å². The number of nitrogens with zero attached hydrogens (tertiary/aromatic N) is 6. The standard InChI is InChI=1S/C30H33ClN6O5/c1-16(2)23-25(17(3)10-11-32-23)37-28-20(27(34-29(37)38)36-13-12-35(30(39)40)15-18(36)4)14-21(31)24(33-28)19-8-7-9-22(41-5)26(19)42-6/h7-11,14,16,18H,12-13,15H2,1-6H3,(H,39,40). The van der Waals surface area contributed by atoms with Gasteiger partial charge in [0.15, 0.2) is 17.1 Å².